The van der Waals surface area contributed by atoms with Crippen LogP contribution in [0, 0.1) is 5.41 Å². The predicted molar refractivity (Wildman–Crippen MR) is 75.7 cm³/mol. The van der Waals surface area contributed by atoms with Gasteiger partial charge >= 0.3 is 0 Å². The van der Waals surface area contributed by atoms with E-state index in [0.717, 1.165) is 10.0 Å². The zero-order valence-electron chi connectivity index (χ0n) is 10.6. The average molecular weight is 326 g/mol. The first-order valence-electron chi connectivity index (χ1n) is 5.97. The summed E-state index contributed by atoms with van der Waals surface area (Å²) in [6, 6.07) is 7.78. The van der Waals surface area contributed by atoms with Crippen molar-refractivity contribution >= 4 is 27.7 Å². The zero-order valence-corrected chi connectivity index (χ0v) is 12.2. The third-order valence-corrected chi connectivity index (χ3v) is 3.97. The lowest BCUT2D eigenvalue weighted by molar-refractivity contribution is -0.133. The number of rotatable bonds is 4. The summed E-state index contributed by atoms with van der Waals surface area (Å²) in [5, 5.41) is 11.7. The van der Waals surface area contributed by atoms with Gasteiger partial charge in [0.1, 0.15) is 5.41 Å². The first kappa shape index (κ1) is 13.9. The Labute approximate surface area is 120 Å². The van der Waals surface area contributed by atoms with Gasteiger partial charge in [0.2, 0.25) is 5.91 Å². The quantitative estimate of drug-likeness (QED) is 0.384. The number of oxime groups is 1. The Morgan fingerprint density at radius 3 is 2.53 bits per heavy atom. The summed E-state index contributed by atoms with van der Waals surface area (Å²) in [7, 11) is 1.73. The number of amidine groups is 1. The number of hydrogen-bond donors (Lipinski definition) is 2. The Hall–Kier alpha value is -1.56. The van der Waals surface area contributed by atoms with Gasteiger partial charge in [0.25, 0.3) is 0 Å². The minimum Gasteiger partial charge on any atom is -0.409 e. The van der Waals surface area contributed by atoms with E-state index in [0.29, 0.717) is 19.4 Å². The number of nitrogens with two attached hydrogens (primary N) is 1. The van der Waals surface area contributed by atoms with Crippen LogP contribution in [0.4, 0.5) is 0 Å². The van der Waals surface area contributed by atoms with E-state index in [2.05, 4.69) is 21.1 Å². The van der Waals surface area contributed by atoms with Gasteiger partial charge in [-0.05, 0) is 30.5 Å². The van der Waals surface area contributed by atoms with Crippen LogP contribution in [0.25, 0.3) is 0 Å². The fraction of sp³-hybridized carbons (Fsp3) is 0.385. The number of amides is 1. The molecule has 102 valence electrons. The predicted octanol–water partition coefficient (Wildman–Crippen LogP) is 1.93. The monoisotopic (exact) mass is 325 g/mol. The molecule has 0 aromatic heterocycles. The lowest BCUT2D eigenvalue weighted by Crippen LogP contribution is -2.41. The molecular formula is C13H16BrN3O2. The molecule has 0 bridgehead atoms. The van der Waals surface area contributed by atoms with Gasteiger partial charge in [-0.1, -0.05) is 33.2 Å². The molecule has 0 atom stereocenters. The minimum atomic E-state index is -0.779. The summed E-state index contributed by atoms with van der Waals surface area (Å²) >= 11 is 3.37. The second-order valence-electron chi connectivity index (χ2n) is 4.86. The third-order valence-electron chi connectivity index (χ3n) is 3.44. The molecule has 0 aliphatic heterocycles. The van der Waals surface area contributed by atoms with Crippen LogP contribution in [0.5, 0.6) is 0 Å². The first-order chi connectivity index (χ1) is 8.99. The van der Waals surface area contributed by atoms with E-state index in [1.165, 1.54) is 0 Å². The van der Waals surface area contributed by atoms with E-state index in [9.17, 15) is 4.79 Å². The summed E-state index contributed by atoms with van der Waals surface area (Å²) in [6.45, 7) is 0.507. The molecule has 0 radical (unpaired) electrons. The number of halogens is 1. The lowest BCUT2D eigenvalue weighted by atomic mass is 10.0. The van der Waals surface area contributed by atoms with Gasteiger partial charge in [0.15, 0.2) is 5.84 Å². The van der Waals surface area contributed by atoms with Crippen molar-refractivity contribution in [2.75, 3.05) is 7.05 Å². The molecule has 1 saturated carbocycles. The summed E-state index contributed by atoms with van der Waals surface area (Å²) in [5.74, 6) is -0.0779. The van der Waals surface area contributed by atoms with Crippen molar-refractivity contribution < 1.29 is 10.0 Å². The number of carbonyl (C=O) groups excluding carboxylic acids is 1. The Kier molecular flexibility index (Phi) is 3.80. The van der Waals surface area contributed by atoms with Crippen LogP contribution in [-0.2, 0) is 11.3 Å². The minimum absolute atomic E-state index is 0.0140. The Bertz CT molecular complexity index is 509. The summed E-state index contributed by atoms with van der Waals surface area (Å²) < 4.78 is 1.00. The SMILES string of the molecule is CN(Cc1ccc(Br)cc1)C(=O)C1(/C(N)=N/O)CC1. The normalized spacial score (nSPS) is 17.1. The number of hydrogen-bond acceptors (Lipinski definition) is 3. The maximum Gasteiger partial charge on any atom is 0.236 e. The van der Waals surface area contributed by atoms with E-state index in [-0.39, 0.29) is 11.7 Å². The summed E-state index contributed by atoms with van der Waals surface area (Å²) in [4.78, 5) is 14.0. The van der Waals surface area contributed by atoms with Crippen LogP contribution in [-0.4, -0.2) is 28.9 Å². The van der Waals surface area contributed by atoms with Gasteiger partial charge in [-0.3, -0.25) is 4.79 Å². The van der Waals surface area contributed by atoms with E-state index in [4.69, 9.17) is 10.9 Å². The second kappa shape index (κ2) is 5.21. The largest absolute Gasteiger partial charge is 0.409 e. The Morgan fingerprint density at radius 2 is 2.05 bits per heavy atom. The summed E-state index contributed by atoms with van der Waals surface area (Å²) in [5.41, 5.74) is 5.87. The Morgan fingerprint density at radius 1 is 1.47 bits per heavy atom. The highest BCUT2D eigenvalue weighted by Gasteiger charge is 2.55. The molecule has 2 rings (SSSR count). The second-order valence-corrected chi connectivity index (χ2v) is 5.77. The van der Waals surface area contributed by atoms with E-state index < -0.39 is 5.41 Å². The molecule has 1 aromatic rings. The van der Waals surface area contributed by atoms with Crippen LogP contribution in [0.15, 0.2) is 33.9 Å². The number of benzene rings is 1. The van der Waals surface area contributed by atoms with Crippen molar-refractivity contribution in [1.29, 1.82) is 0 Å². The number of carbonyl (C=O) groups is 1. The lowest BCUT2D eigenvalue weighted by Gasteiger charge is -2.22. The van der Waals surface area contributed by atoms with Gasteiger partial charge < -0.3 is 15.8 Å². The fourth-order valence-electron chi connectivity index (χ4n) is 2.10. The van der Waals surface area contributed by atoms with Crippen LogP contribution >= 0.6 is 15.9 Å². The molecule has 0 saturated heterocycles. The highest BCUT2D eigenvalue weighted by molar-refractivity contribution is 9.10. The van der Waals surface area contributed by atoms with Crippen molar-refractivity contribution in [2.24, 2.45) is 16.3 Å². The molecule has 1 aromatic carbocycles. The summed E-state index contributed by atoms with van der Waals surface area (Å²) in [6.07, 6.45) is 1.29. The van der Waals surface area contributed by atoms with Crippen molar-refractivity contribution in [3.63, 3.8) is 0 Å². The maximum atomic E-state index is 12.3. The molecular weight excluding hydrogens is 310 g/mol. The van der Waals surface area contributed by atoms with Crippen LogP contribution < -0.4 is 5.73 Å². The molecule has 3 N–H and O–H groups in total. The van der Waals surface area contributed by atoms with Crippen LogP contribution in [0.2, 0.25) is 0 Å². The Balaban J connectivity index is 2.06. The molecule has 19 heavy (non-hydrogen) atoms. The topological polar surface area (TPSA) is 78.9 Å². The maximum absolute atomic E-state index is 12.3. The average Bonchev–Trinajstić information content (AvgIpc) is 3.21. The van der Waals surface area contributed by atoms with Crippen molar-refractivity contribution in [3.8, 4) is 0 Å². The van der Waals surface area contributed by atoms with Gasteiger partial charge in [-0.25, -0.2) is 0 Å². The molecule has 1 fully saturated rings. The van der Waals surface area contributed by atoms with Gasteiger partial charge in [-0.2, -0.15) is 0 Å². The smallest absolute Gasteiger partial charge is 0.236 e. The van der Waals surface area contributed by atoms with E-state index >= 15 is 0 Å². The zero-order chi connectivity index (χ0) is 14.0. The molecule has 0 heterocycles. The first-order valence-corrected chi connectivity index (χ1v) is 6.77. The molecule has 6 heteroatoms. The van der Waals surface area contributed by atoms with Gasteiger partial charge in [0, 0.05) is 18.1 Å². The highest BCUT2D eigenvalue weighted by Crippen LogP contribution is 2.47. The van der Waals surface area contributed by atoms with Crippen molar-refractivity contribution in [2.45, 2.75) is 19.4 Å². The molecule has 1 amide bonds. The van der Waals surface area contributed by atoms with Gasteiger partial charge in [-0.15, -0.1) is 0 Å². The van der Waals surface area contributed by atoms with Crippen molar-refractivity contribution in [3.05, 3.63) is 34.3 Å². The van der Waals surface area contributed by atoms with E-state index in [1.54, 1.807) is 11.9 Å². The fourth-order valence-corrected chi connectivity index (χ4v) is 2.37. The molecule has 0 unspecified atom stereocenters. The van der Waals surface area contributed by atoms with Crippen molar-refractivity contribution in [1.82, 2.24) is 4.90 Å². The van der Waals surface area contributed by atoms with Crippen LogP contribution in [0.1, 0.15) is 18.4 Å². The molecule has 0 spiro atoms. The highest BCUT2D eigenvalue weighted by atomic mass is 79.9. The number of nitrogens with zero attached hydrogens (tertiary/aromatic N) is 2. The van der Waals surface area contributed by atoms with Gasteiger partial charge in [0.05, 0.1) is 0 Å². The third kappa shape index (κ3) is 2.73. The molecule has 1 aliphatic rings. The van der Waals surface area contributed by atoms with E-state index in [1.807, 2.05) is 24.3 Å². The van der Waals surface area contributed by atoms with Crippen LogP contribution in [0.3, 0.4) is 0 Å². The molecule has 5 nitrogen and oxygen atoms in total. The molecule has 1 aliphatic carbocycles. The standard InChI is InChI=1S/C13H16BrN3O2/c1-17(8-9-2-4-10(14)5-3-9)12(18)13(6-7-13)11(15)16-19/h2-5,19H,6-8H2,1H3,(H2,15,16).